The van der Waals surface area contributed by atoms with Crippen LogP contribution in [0.1, 0.15) is 33.6 Å². The van der Waals surface area contributed by atoms with Crippen molar-refractivity contribution in [3.05, 3.63) is 11.6 Å². The molecule has 0 radical (unpaired) electrons. The second kappa shape index (κ2) is 7.41. The van der Waals surface area contributed by atoms with Crippen molar-refractivity contribution in [1.29, 1.82) is 0 Å². The van der Waals surface area contributed by atoms with Gasteiger partial charge in [0.2, 0.25) is 0 Å². The van der Waals surface area contributed by atoms with Crippen molar-refractivity contribution in [3.63, 3.8) is 0 Å². The molecule has 0 amide bonds. The number of nitrogens with one attached hydrogen (secondary N) is 1. The van der Waals surface area contributed by atoms with Crippen LogP contribution < -0.4 is 5.32 Å². The Hall–Kier alpha value is -0.870. The fraction of sp³-hybridized carbons (Fsp3) is 0.750. The summed E-state index contributed by atoms with van der Waals surface area (Å²) in [5.74, 6) is -0.317. The van der Waals surface area contributed by atoms with E-state index in [2.05, 4.69) is 10.1 Å². The van der Waals surface area contributed by atoms with E-state index in [1.807, 2.05) is 6.92 Å². The Kier molecular flexibility index (Phi) is 7.01. The number of aliphatic hydroxyl groups is 1. The van der Waals surface area contributed by atoms with Gasteiger partial charge in [-0.3, -0.25) is 0 Å². The summed E-state index contributed by atoms with van der Waals surface area (Å²) in [6.45, 7) is 6.63. The van der Waals surface area contributed by atoms with Gasteiger partial charge in [0.15, 0.2) is 0 Å². The van der Waals surface area contributed by atoms with Crippen LogP contribution in [0.2, 0.25) is 0 Å². The number of hydrogen-bond donors (Lipinski definition) is 2. The second-order valence-electron chi connectivity index (χ2n) is 4.26. The first-order chi connectivity index (χ1) is 7.43. The standard InChI is InChI=1S/C12H23NO3/c1-5-7-12(3,15)9-13-8-6-10(2)11(14)16-4/h6,13,15H,5,7-9H2,1-4H3/b10-6-. The summed E-state index contributed by atoms with van der Waals surface area (Å²) in [5, 5.41) is 12.9. The van der Waals surface area contributed by atoms with Crippen LogP contribution >= 0.6 is 0 Å². The molecule has 0 aliphatic rings. The van der Waals surface area contributed by atoms with Crippen molar-refractivity contribution in [1.82, 2.24) is 5.32 Å². The third-order valence-corrected chi connectivity index (χ3v) is 2.35. The van der Waals surface area contributed by atoms with Crippen molar-refractivity contribution >= 4 is 5.97 Å². The summed E-state index contributed by atoms with van der Waals surface area (Å²) in [5.41, 5.74) is -0.105. The molecule has 4 nitrogen and oxygen atoms in total. The summed E-state index contributed by atoms with van der Waals surface area (Å²) in [4.78, 5) is 11.0. The molecule has 2 N–H and O–H groups in total. The zero-order chi connectivity index (χ0) is 12.6. The number of hydrogen-bond acceptors (Lipinski definition) is 4. The molecule has 16 heavy (non-hydrogen) atoms. The number of ether oxygens (including phenoxy) is 1. The highest BCUT2D eigenvalue weighted by Crippen LogP contribution is 2.09. The molecular formula is C12H23NO3. The third-order valence-electron chi connectivity index (χ3n) is 2.35. The zero-order valence-electron chi connectivity index (χ0n) is 10.7. The first kappa shape index (κ1) is 15.1. The van der Waals surface area contributed by atoms with E-state index in [0.717, 1.165) is 12.8 Å². The molecule has 0 aromatic rings. The molecular weight excluding hydrogens is 206 g/mol. The van der Waals surface area contributed by atoms with Crippen LogP contribution in [-0.4, -0.2) is 36.9 Å². The number of esters is 1. The highest BCUT2D eigenvalue weighted by Gasteiger charge is 2.17. The zero-order valence-corrected chi connectivity index (χ0v) is 10.7. The fourth-order valence-corrected chi connectivity index (χ4v) is 1.44. The average Bonchev–Trinajstić information content (AvgIpc) is 2.22. The third kappa shape index (κ3) is 6.58. The van der Waals surface area contributed by atoms with Crippen LogP contribution in [0.4, 0.5) is 0 Å². The minimum Gasteiger partial charge on any atom is -0.466 e. The summed E-state index contributed by atoms with van der Waals surface area (Å²) >= 11 is 0. The van der Waals surface area contributed by atoms with Crippen LogP contribution in [0.3, 0.4) is 0 Å². The maximum absolute atomic E-state index is 11.0. The molecule has 0 aliphatic carbocycles. The molecule has 4 heteroatoms. The largest absolute Gasteiger partial charge is 0.466 e. The number of carbonyl (C=O) groups is 1. The highest BCUT2D eigenvalue weighted by molar-refractivity contribution is 5.87. The van der Waals surface area contributed by atoms with E-state index >= 15 is 0 Å². The van der Waals surface area contributed by atoms with Crippen molar-refractivity contribution < 1.29 is 14.6 Å². The van der Waals surface area contributed by atoms with E-state index in [9.17, 15) is 9.90 Å². The topological polar surface area (TPSA) is 58.6 Å². The number of rotatable bonds is 7. The van der Waals surface area contributed by atoms with E-state index in [0.29, 0.717) is 18.7 Å². The molecule has 0 aromatic carbocycles. The highest BCUT2D eigenvalue weighted by atomic mass is 16.5. The molecule has 1 unspecified atom stereocenters. The summed E-state index contributed by atoms with van der Waals surface area (Å²) < 4.78 is 4.56. The van der Waals surface area contributed by atoms with Crippen LogP contribution in [0, 0.1) is 0 Å². The Morgan fingerprint density at radius 3 is 2.69 bits per heavy atom. The van der Waals surface area contributed by atoms with Gasteiger partial charge in [0, 0.05) is 18.7 Å². The molecule has 0 aliphatic heterocycles. The monoisotopic (exact) mass is 229 g/mol. The molecule has 0 spiro atoms. The van der Waals surface area contributed by atoms with Gasteiger partial charge in [-0.05, 0) is 20.3 Å². The van der Waals surface area contributed by atoms with Gasteiger partial charge in [-0.2, -0.15) is 0 Å². The lowest BCUT2D eigenvalue weighted by atomic mass is 10.0. The maximum Gasteiger partial charge on any atom is 0.333 e. The smallest absolute Gasteiger partial charge is 0.333 e. The van der Waals surface area contributed by atoms with Gasteiger partial charge in [-0.15, -0.1) is 0 Å². The molecule has 0 rings (SSSR count). The van der Waals surface area contributed by atoms with E-state index in [1.165, 1.54) is 7.11 Å². The van der Waals surface area contributed by atoms with Crippen molar-refractivity contribution in [2.24, 2.45) is 0 Å². The predicted molar refractivity (Wildman–Crippen MR) is 64.2 cm³/mol. The van der Waals surface area contributed by atoms with Gasteiger partial charge in [-0.1, -0.05) is 19.4 Å². The van der Waals surface area contributed by atoms with E-state index in [1.54, 1.807) is 19.9 Å². The van der Waals surface area contributed by atoms with Crippen molar-refractivity contribution in [2.45, 2.75) is 39.2 Å². The second-order valence-corrected chi connectivity index (χ2v) is 4.26. The first-order valence-corrected chi connectivity index (χ1v) is 5.61. The van der Waals surface area contributed by atoms with Gasteiger partial charge in [0.05, 0.1) is 12.7 Å². The minimum atomic E-state index is -0.679. The molecule has 0 heterocycles. The molecule has 0 aromatic heterocycles. The van der Waals surface area contributed by atoms with Crippen LogP contribution in [0.15, 0.2) is 11.6 Å². The SMILES string of the molecule is CCCC(C)(O)CNC/C=C(/C)C(=O)OC. The average molecular weight is 229 g/mol. The Balaban J connectivity index is 3.87. The van der Waals surface area contributed by atoms with Crippen molar-refractivity contribution in [3.8, 4) is 0 Å². The Morgan fingerprint density at radius 2 is 2.19 bits per heavy atom. The van der Waals surface area contributed by atoms with Crippen LogP contribution in [0.25, 0.3) is 0 Å². The Morgan fingerprint density at radius 1 is 1.56 bits per heavy atom. The molecule has 1 atom stereocenters. The maximum atomic E-state index is 11.0. The normalized spacial score (nSPS) is 15.7. The first-order valence-electron chi connectivity index (χ1n) is 5.61. The number of carbonyl (C=O) groups excluding carboxylic acids is 1. The number of methoxy groups -OCH3 is 1. The molecule has 0 bridgehead atoms. The Bertz CT molecular complexity index is 247. The molecule has 0 saturated carbocycles. The lowest BCUT2D eigenvalue weighted by Crippen LogP contribution is -2.37. The van der Waals surface area contributed by atoms with Gasteiger partial charge in [0.25, 0.3) is 0 Å². The predicted octanol–water partition coefficient (Wildman–Crippen LogP) is 1.25. The minimum absolute atomic E-state index is 0.317. The lowest BCUT2D eigenvalue weighted by Gasteiger charge is -2.22. The van der Waals surface area contributed by atoms with E-state index in [4.69, 9.17) is 0 Å². The van der Waals surface area contributed by atoms with Crippen molar-refractivity contribution in [2.75, 3.05) is 20.2 Å². The van der Waals surface area contributed by atoms with Crippen LogP contribution in [0.5, 0.6) is 0 Å². The van der Waals surface area contributed by atoms with Gasteiger partial charge >= 0.3 is 5.97 Å². The summed E-state index contributed by atoms with van der Waals surface area (Å²) in [6, 6.07) is 0. The summed E-state index contributed by atoms with van der Waals surface area (Å²) in [6.07, 6.45) is 3.47. The molecule has 0 saturated heterocycles. The fourth-order valence-electron chi connectivity index (χ4n) is 1.44. The summed E-state index contributed by atoms with van der Waals surface area (Å²) in [7, 11) is 1.36. The molecule has 94 valence electrons. The van der Waals surface area contributed by atoms with Gasteiger partial charge in [0.1, 0.15) is 0 Å². The molecule has 0 fully saturated rings. The van der Waals surface area contributed by atoms with E-state index in [-0.39, 0.29) is 5.97 Å². The van der Waals surface area contributed by atoms with E-state index < -0.39 is 5.60 Å². The lowest BCUT2D eigenvalue weighted by molar-refractivity contribution is -0.136. The van der Waals surface area contributed by atoms with Gasteiger partial charge in [-0.25, -0.2) is 4.79 Å². The quantitative estimate of drug-likeness (QED) is 0.392. The van der Waals surface area contributed by atoms with Gasteiger partial charge < -0.3 is 15.2 Å². The Labute approximate surface area is 97.7 Å². The van der Waals surface area contributed by atoms with Crippen LogP contribution in [-0.2, 0) is 9.53 Å².